The summed E-state index contributed by atoms with van der Waals surface area (Å²) in [6.45, 7) is 0.619. The lowest BCUT2D eigenvalue weighted by Gasteiger charge is -2.06. The highest BCUT2D eigenvalue weighted by atomic mass is 16.5. The molecule has 0 atom stereocenters. The lowest BCUT2D eigenvalue weighted by molar-refractivity contribution is 0.0663. The molecule has 1 aromatic heterocycles. The number of carboxylic acid groups (broad SMARTS) is 1. The van der Waals surface area contributed by atoms with Crippen molar-refractivity contribution in [2.75, 3.05) is 6.54 Å². The summed E-state index contributed by atoms with van der Waals surface area (Å²) < 4.78 is 10.3. The molecule has 29 heavy (non-hydrogen) atoms. The number of hydrogen-bond donors (Lipinski definition) is 2. The summed E-state index contributed by atoms with van der Waals surface area (Å²) in [6, 6.07) is 15.3. The Kier molecular flexibility index (Phi) is 6.42. The maximum Gasteiger partial charge on any atom is 0.407 e. The zero-order valence-corrected chi connectivity index (χ0v) is 15.5. The molecule has 0 aliphatic carbocycles. The molecule has 0 spiro atoms. The van der Waals surface area contributed by atoms with Gasteiger partial charge in [0.25, 0.3) is 0 Å². The number of carbonyl (C=O) groups excluding carboxylic acids is 1. The molecule has 0 aliphatic rings. The third-order valence-corrected chi connectivity index (χ3v) is 4.07. The first-order valence-electron chi connectivity index (χ1n) is 8.95. The van der Waals surface area contributed by atoms with Crippen LogP contribution in [0.25, 0.3) is 17.0 Å². The van der Waals surface area contributed by atoms with Gasteiger partial charge in [0.1, 0.15) is 12.2 Å². The van der Waals surface area contributed by atoms with E-state index in [0.29, 0.717) is 18.4 Å². The number of nitrogens with one attached hydrogen (secondary N) is 1. The molecule has 0 radical (unpaired) electrons. The van der Waals surface area contributed by atoms with Gasteiger partial charge >= 0.3 is 12.1 Å². The Bertz CT molecular complexity index is 1100. The minimum absolute atomic E-state index is 0.214. The van der Waals surface area contributed by atoms with Gasteiger partial charge in [-0.3, -0.25) is 4.79 Å². The molecule has 7 nitrogen and oxygen atoms in total. The van der Waals surface area contributed by atoms with Gasteiger partial charge in [0.05, 0.1) is 5.39 Å². The maximum absolute atomic E-state index is 12.1. The first-order valence-corrected chi connectivity index (χ1v) is 8.95. The lowest BCUT2D eigenvalue weighted by Crippen LogP contribution is -2.24. The predicted molar refractivity (Wildman–Crippen MR) is 108 cm³/mol. The molecule has 0 aliphatic heterocycles. The zero-order valence-electron chi connectivity index (χ0n) is 15.5. The van der Waals surface area contributed by atoms with E-state index < -0.39 is 23.3 Å². The number of fused-ring (bicyclic) bond motifs is 1. The van der Waals surface area contributed by atoms with Crippen LogP contribution in [0.1, 0.15) is 28.1 Å². The van der Waals surface area contributed by atoms with Crippen LogP contribution in [0, 0.1) is 0 Å². The number of carbonyl (C=O) groups is 2. The second kappa shape index (κ2) is 9.36. The van der Waals surface area contributed by atoms with Crippen LogP contribution in [0.2, 0.25) is 0 Å². The molecule has 0 saturated heterocycles. The molecule has 0 bridgehead atoms. The van der Waals surface area contributed by atoms with Crippen molar-refractivity contribution < 1.29 is 23.8 Å². The van der Waals surface area contributed by atoms with Crippen molar-refractivity contribution in [1.29, 1.82) is 0 Å². The molecular formula is C22H19NO6. The third kappa shape index (κ3) is 5.55. The first-order chi connectivity index (χ1) is 14.0. The fourth-order valence-electron chi connectivity index (χ4n) is 2.63. The number of carboxylic acids is 1. The number of aromatic carboxylic acids is 1. The van der Waals surface area contributed by atoms with E-state index in [1.165, 1.54) is 0 Å². The highest BCUT2D eigenvalue weighted by molar-refractivity contribution is 5.88. The van der Waals surface area contributed by atoms with Crippen LogP contribution in [0.15, 0.2) is 69.9 Å². The fraction of sp³-hybridized carbons (Fsp3) is 0.136. The average Bonchev–Trinajstić information content (AvgIpc) is 2.73. The van der Waals surface area contributed by atoms with Gasteiger partial charge in [-0.05, 0) is 29.7 Å². The molecule has 2 aromatic carbocycles. The van der Waals surface area contributed by atoms with Crippen LogP contribution in [-0.4, -0.2) is 23.7 Å². The predicted octanol–water partition coefficient (Wildman–Crippen LogP) is 3.82. The van der Waals surface area contributed by atoms with Crippen LogP contribution in [0.5, 0.6) is 0 Å². The molecule has 0 unspecified atom stereocenters. The van der Waals surface area contributed by atoms with E-state index in [2.05, 4.69) is 5.32 Å². The Morgan fingerprint density at radius 2 is 1.90 bits per heavy atom. The molecule has 148 valence electrons. The van der Waals surface area contributed by atoms with Crippen molar-refractivity contribution in [2.24, 2.45) is 0 Å². The largest absolute Gasteiger partial charge is 0.475 e. The van der Waals surface area contributed by atoms with Crippen LogP contribution < -0.4 is 10.7 Å². The van der Waals surface area contributed by atoms with E-state index in [1.807, 2.05) is 36.4 Å². The van der Waals surface area contributed by atoms with Gasteiger partial charge in [-0.2, -0.15) is 0 Å². The lowest BCUT2D eigenvalue weighted by atomic mass is 10.1. The van der Waals surface area contributed by atoms with E-state index in [-0.39, 0.29) is 12.2 Å². The van der Waals surface area contributed by atoms with E-state index in [0.717, 1.165) is 17.2 Å². The van der Waals surface area contributed by atoms with Gasteiger partial charge < -0.3 is 19.6 Å². The van der Waals surface area contributed by atoms with Crippen LogP contribution in [-0.2, 0) is 11.3 Å². The van der Waals surface area contributed by atoms with E-state index in [1.54, 1.807) is 24.3 Å². The normalized spacial score (nSPS) is 10.9. The number of ether oxygens (including phenoxy) is 1. The van der Waals surface area contributed by atoms with E-state index in [4.69, 9.17) is 14.3 Å². The molecule has 3 rings (SSSR count). The second-order valence-electron chi connectivity index (χ2n) is 6.22. The highest BCUT2D eigenvalue weighted by Gasteiger charge is 2.10. The van der Waals surface area contributed by atoms with Gasteiger partial charge in [-0.1, -0.05) is 48.6 Å². The molecule has 2 N–H and O–H groups in total. The van der Waals surface area contributed by atoms with Gasteiger partial charge in [0.15, 0.2) is 5.43 Å². The van der Waals surface area contributed by atoms with Crippen molar-refractivity contribution in [3.63, 3.8) is 0 Å². The van der Waals surface area contributed by atoms with Gasteiger partial charge in [-0.15, -0.1) is 0 Å². The third-order valence-electron chi connectivity index (χ3n) is 4.07. The highest BCUT2D eigenvalue weighted by Crippen LogP contribution is 2.16. The molecule has 1 amide bonds. The van der Waals surface area contributed by atoms with Crippen molar-refractivity contribution in [3.05, 3.63) is 87.8 Å². The smallest absolute Gasteiger partial charge is 0.407 e. The first kappa shape index (κ1) is 19.9. The standard InChI is InChI=1S/C22H19NO6/c24-18-13-20(21(25)26)29-19-10-9-15(12-17(18)19)6-4-5-11-23-22(27)28-14-16-7-2-1-3-8-16/h1-4,6-10,12-13H,5,11,14H2,(H,23,27)(H,25,26). The Morgan fingerprint density at radius 3 is 2.66 bits per heavy atom. The minimum atomic E-state index is -1.29. The molecule has 7 heteroatoms. The van der Waals surface area contributed by atoms with Crippen LogP contribution >= 0.6 is 0 Å². The Balaban J connectivity index is 1.50. The Labute approximate surface area is 166 Å². The van der Waals surface area contributed by atoms with Crippen molar-refractivity contribution >= 4 is 29.1 Å². The van der Waals surface area contributed by atoms with E-state index in [9.17, 15) is 14.4 Å². The summed E-state index contributed by atoms with van der Waals surface area (Å²) in [5.41, 5.74) is 1.48. The van der Waals surface area contributed by atoms with Crippen molar-refractivity contribution in [2.45, 2.75) is 13.0 Å². The van der Waals surface area contributed by atoms with Gasteiger partial charge in [-0.25, -0.2) is 9.59 Å². The average molecular weight is 393 g/mol. The molecule has 3 aromatic rings. The maximum atomic E-state index is 12.1. The zero-order chi connectivity index (χ0) is 20.6. The summed E-state index contributed by atoms with van der Waals surface area (Å²) in [5.74, 6) is -1.68. The quantitative estimate of drug-likeness (QED) is 0.591. The SMILES string of the molecule is O=C(NCCC=Cc1ccc2oc(C(=O)O)cc(=O)c2c1)OCc1ccccc1. The number of rotatable bonds is 7. The summed E-state index contributed by atoms with van der Waals surface area (Å²) >= 11 is 0. The van der Waals surface area contributed by atoms with Crippen LogP contribution in [0.4, 0.5) is 4.79 Å². The minimum Gasteiger partial charge on any atom is -0.475 e. The van der Waals surface area contributed by atoms with Crippen LogP contribution in [0.3, 0.4) is 0 Å². The van der Waals surface area contributed by atoms with E-state index >= 15 is 0 Å². The molecular weight excluding hydrogens is 374 g/mol. The topological polar surface area (TPSA) is 106 Å². The fourth-order valence-corrected chi connectivity index (χ4v) is 2.63. The van der Waals surface area contributed by atoms with Gasteiger partial charge in [0.2, 0.25) is 5.76 Å². The monoisotopic (exact) mass is 393 g/mol. The summed E-state index contributed by atoms with van der Waals surface area (Å²) in [7, 11) is 0. The van der Waals surface area contributed by atoms with Gasteiger partial charge in [0, 0.05) is 12.6 Å². The Morgan fingerprint density at radius 1 is 1.10 bits per heavy atom. The number of benzene rings is 2. The summed E-state index contributed by atoms with van der Waals surface area (Å²) in [5, 5.41) is 11.9. The molecule has 0 saturated carbocycles. The molecule has 0 fully saturated rings. The Hall–Kier alpha value is -3.87. The number of hydrogen-bond acceptors (Lipinski definition) is 5. The second-order valence-corrected chi connectivity index (χ2v) is 6.22. The van der Waals surface area contributed by atoms with Crippen molar-refractivity contribution in [1.82, 2.24) is 5.32 Å². The molecule has 1 heterocycles. The van der Waals surface area contributed by atoms with Crippen molar-refractivity contribution in [3.8, 4) is 0 Å². The number of amides is 1. The number of alkyl carbamates (subject to hydrolysis) is 1. The summed E-state index contributed by atoms with van der Waals surface area (Å²) in [6.07, 6.45) is 3.75. The summed E-state index contributed by atoms with van der Waals surface area (Å²) in [4.78, 5) is 34.7.